The van der Waals surface area contributed by atoms with Crippen molar-refractivity contribution in [1.29, 1.82) is 0 Å². The van der Waals surface area contributed by atoms with Crippen molar-refractivity contribution in [1.82, 2.24) is 4.98 Å². The monoisotopic (exact) mass is 301 g/mol. The highest BCUT2D eigenvalue weighted by atomic mass is 32.1. The van der Waals surface area contributed by atoms with Gasteiger partial charge in [-0.3, -0.25) is 4.79 Å². The molecule has 1 aromatic carbocycles. The van der Waals surface area contributed by atoms with Crippen LogP contribution in [0.4, 0.5) is 0 Å². The minimum atomic E-state index is 0.139. The summed E-state index contributed by atoms with van der Waals surface area (Å²) in [6.07, 6.45) is 3.10. The summed E-state index contributed by atoms with van der Waals surface area (Å²) in [4.78, 5) is 17.2. The first-order valence-electron chi connectivity index (χ1n) is 7.33. The van der Waals surface area contributed by atoms with Crippen LogP contribution in [0.3, 0.4) is 0 Å². The Balaban J connectivity index is 1.61. The zero-order chi connectivity index (χ0) is 14.8. The molecule has 0 spiro atoms. The van der Waals surface area contributed by atoms with E-state index in [2.05, 4.69) is 11.9 Å². The highest BCUT2D eigenvalue weighted by molar-refractivity contribution is 7.13. The fraction of sp³-hybridized carbons (Fsp3) is 0.412. The molecule has 2 aromatic rings. The molecule has 1 aliphatic carbocycles. The van der Waals surface area contributed by atoms with Crippen LogP contribution in [-0.4, -0.2) is 17.4 Å². The number of hydrogen-bond acceptors (Lipinski definition) is 4. The Morgan fingerprint density at radius 3 is 2.67 bits per heavy atom. The lowest BCUT2D eigenvalue weighted by molar-refractivity contribution is 0.102. The lowest BCUT2D eigenvalue weighted by Gasteiger charge is -2.04. The molecular formula is C17H19NO2S. The molecule has 0 saturated heterocycles. The van der Waals surface area contributed by atoms with Crippen LogP contribution in [0.1, 0.15) is 51.6 Å². The van der Waals surface area contributed by atoms with Crippen LogP contribution in [0.2, 0.25) is 0 Å². The summed E-state index contributed by atoms with van der Waals surface area (Å²) in [5.74, 6) is 1.54. The van der Waals surface area contributed by atoms with E-state index >= 15 is 0 Å². The number of aromatic nitrogens is 1. The van der Waals surface area contributed by atoms with Crippen molar-refractivity contribution in [2.45, 2.75) is 39.0 Å². The van der Waals surface area contributed by atoms with Gasteiger partial charge in [0.15, 0.2) is 5.78 Å². The molecule has 4 heteroatoms. The number of thiazole rings is 1. The Morgan fingerprint density at radius 1 is 1.33 bits per heavy atom. The van der Waals surface area contributed by atoms with E-state index in [-0.39, 0.29) is 5.78 Å². The summed E-state index contributed by atoms with van der Waals surface area (Å²) in [6, 6.07) is 8.04. The van der Waals surface area contributed by atoms with Gasteiger partial charge in [0.1, 0.15) is 5.75 Å². The summed E-state index contributed by atoms with van der Waals surface area (Å²) in [6.45, 7) is 4.28. The fourth-order valence-electron chi connectivity index (χ4n) is 2.26. The molecule has 1 heterocycles. The van der Waals surface area contributed by atoms with Crippen molar-refractivity contribution in [3.8, 4) is 5.75 Å². The third-order valence-electron chi connectivity index (χ3n) is 3.59. The van der Waals surface area contributed by atoms with Crippen molar-refractivity contribution in [2.75, 3.05) is 6.61 Å². The van der Waals surface area contributed by atoms with E-state index < -0.39 is 0 Å². The Kier molecular flexibility index (Phi) is 4.06. The van der Waals surface area contributed by atoms with Gasteiger partial charge >= 0.3 is 0 Å². The second kappa shape index (κ2) is 5.98. The van der Waals surface area contributed by atoms with Gasteiger partial charge in [0.2, 0.25) is 0 Å². The van der Waals surface area contributed by atoms with Gasteiger partial charge in [0, 0.05) is 19.3 Å². The van der Waals surface area contributed by atoms with Gasteiger partial charge in [-0.25, -0.2) is 4.98 Å². The molecule has 110 valence electrons. The molecule has 0 aliphatic heterocycles. The summed E-state index contributed by atoms with van der Waals surface area (Å²) in [5.41, 5.74) is 2.25. The van der Waals surface area contributed by atoms with Crippen LogP contribution in [0, 0.1) is 6.92 Å². The fourth-order valence-corrected chi connectivity index (χ4v) is 3.29. The standard InChI is InChI=1S/C17H19NO2S/c1-11-3-7-14(8-4-11)20-10-9-15-18-16(13-5-6-13)17(21-15)12(2)19/h3-4,7-8,13H,5-6,9-10H2,1-2H3. The maximum absolute atomic E-state index is 11.7. The van der Waals surface area contributed by atoms with Gasteiger partial charge in [-0.2, -0.15) is 0 Å². The van der Waals surface area contributed by atoms with Crippen LogP contribution in [0.15, 0.2) is 24.3 Å². The highest BCUT2D eigenvalue weighted by Crippen LogP contribution is 2.42. The van der Waals surface area contributed by atoms with E-state index in [1.807, 2.05) is 24.3 Å². The predicted molar refractivity (Wildman–Crippen MR) is 84.5 cm³/mol. The molecule has 3 nitrogen and oxygen atoms in total. The summed E-state index contributed by atoms with van der Waals surface area (Å²) in [5, 5.41) is 1.01. The van der Waals surface area contributed by atoms with E-state index in [1.165, 1.54) is 29.7 Å². The minimum absolute atomic E-state index is 0.139. The second-order valence-corrected chi connectivity index (χ2v) is 6.65. The molecular weight excluding hydrogens is 282 g/mol. The molecule has 0 bridgehead atoms. The van der Waals surface area contributed by atoms with Crippen molar-refractivity contribution < 1.29 is 9.53 Å². The average molecular weight is 301 g/mol. The molecule has 0 unspecified atom stereocenters. The summed E-state index contributed by atoms with van der Waals surface area (Å²) >= 11 is 1.53. The average Bonchev–Trinajstić information content (AvgIpc) is 3.21. The van der Waals surface area contributed by atoms with E-state index in [9.17, 15) is 4.79 Å². The quantitative estimate of drug-likeness (QED) is 0.752. The summed E-state index contributed by atoms with van der Waals surface area (Å²) in [7, 11) is 0. The normalized spacial score (nSPS) is 14.2. The van der Waals surface area contributed by atoms with Crippen LogP contribution in [0.5, 0.6) is 5.75 Å². The zero-order valence-corrected chi connectivity index (χ0v) is 13.2. The van der Waals surface area contributed by atoms with Gasteiger partial charge in [-0.15, -0.1) is 11.3 Å². The topological polar surface area (TPSA) is 39.2 Å². The lowest BCUT2D eigenvalue weighted by Crippen LogP contribution is -2.01. The first kappa shape index (κ1) is 14.3. The second-order valence-electron chi connectivity index (χ2n) is 5.56. The first-order valence-corrected chi connectivity index (χ1v) is 8.15. The third-order valence-corrected chi connectivity index (χ3v) is 4.82. The largest absolute Gasteiger partial charge is 0.493 e. The van der Waals surface area contributed by atoms with Gasteiger partial charge in [-0.1, -0.05) is 17.7 Å². The van der Waals surface area contributed by atoms with E-state index in [0.717, 1.165) is 27.7 Å². The molecule has 0 radical (unpaired) electrons. The lowest BCUT2D eigenvalue weighted by atomic mass is 10.2. The molecule has 1 aliphatic rings. The predicted octanol–water partition coefficient (Wildman–Crippen LogP) is 4.15. The van der Waals surface area contributed by atoms with Crippen LogP contribution < -0.4 is 4.74 Å². The first-order chi connectivity index (χ1) is 10.1. The molecule has 3 rings (SSSR count). The van der Waals surface area contributed by atoms with Crippen molar-refractivity contribution in [2.24, 2.45) is 0 Å². The number of ketones is 1. The minimum Gasteiger partial charge on any atom is -0.493 e. The smallest absolute Gasteiger partial charge is 0.171 e. The van der Waals surface area contributed by atoms with Crippen molar-refractivity contribution >= 4 is 17.1 Å². The number of carbonyl (C=O) groups is 1. The Morgan fingerprint density at radius 2 is 2.05 bits per heavy atom. The molecule has 1 fully saturated rings. The number of carbonyl (C=O) groups excluding carboxylic acids is 1. The van der Waals surface area contributed by atoms with E-state index in [1.54, 1.807) is 6.92 Å². The van der Waals surface area contributed by atoms with Crippen LogP contribution >= 0.6 is 11.3 Å². The van der Waals surface area contributed by atoms with Gasteiger partial charge in [-0.05, 0) is 31.9 Å². The van der Waals surface area contributed by atoms with Gasteiger partial charge < -0.3 is 4.74 Å². The molecule has 1 saturated carbocycles. The highest BCUT2D eigenvalue weighted by Gasteiger charge is 2.30. The Labute approximate surface area is 129 Å². The molecule has 0 N–H and O–H groups in total. The Bertz CT molecular complexity index is 641. The number of ether oxygens (including phenoxy) is 1. The molecule has 21 heavy (non-hydrogen) atoms. The van der Waals surface area contributed by atoms with Crippen LogP contribution in [-0.2, 0) is 6.42 Å². The van der Waals surface area contributed by atoms with E-state index in [4.69, 9.17) is 4.74 Å². The Hall–Kier alpha value is -1.68. The van der Waals surface area contributed by atoms with Gasteiger partial charge in [0.25, 0.3) is 0 Å². The number of aryl methyl sites for hydroxylation is 1. The number of Topliss-reactive ketones (excluding diaryl/α,β-unsaturated/α-hetero) is 1. The number of nitrogens with zero attached hydrogens (tertiary/aromatic N) is 1. The third kappa shape index (κ3) is 3.50. The molecule has 0 amide bonds. The van der Waals surface area contributed by atoms with Crippen molar-refractivity contribution in [3.63, 3.8) is 0 Å². The summed E-state index contributed by atoms with van der Waals surface area (Å²) < 4.78 is 5.73. The SMILES string of the molecule is CC(=O)c1sc(CCOc2ccc(C)cc2)nc1C1CC1. The number of rotatable bonds is 6. The molecule has 1 aromatic heterocycles. The molecule has 0 atom stereocenters. The maximum Gasteiger partial charge on any atom is 0.171 e. The van der Waals surface area contributed by atoms with E-state index in [0.29, 0.717) is 12.5 Å². The van der Waals surface area contributed by atoms with Gasteiger partial charge in [0.05, 0.1) is 22.2 Å². The van der Waals surface area contributed by atoms with Crippen molar-refractivity contribution in [3.05, 3.63) is 45.4 Å². The maximum atomic E-state index is 11.7. The zero-order valence-electron chi connectivity index (χ0n) is 12.4. The number of hydrogen-bond donors (Lipinski definition) is 0. The van der Waals surface area contributed by atoms with Crippen LogP contribution in [0.25, 0.3) is 0 Å². The number of benzene rings is 1.